The fraction of sp³-hybridized carbons (Fsp3) is 0.769. The lowest BCUT2D eigenvalue weighted by Crippen LogP contribution is -2.29. The third-order valence-corrected chi connectivity index (χ3v) is 8.96. The highest BCUT2D eigenvalue weighted by Crippen LogP contribution is 2.43. The van der Waals surface area contributed by atoms with Crippen LogP contribution < -0.4 is 5.73 Å². The SMILES string of the molecule is CCCCC/C=C\C=C\C(=O)CCCCCCCC(=O)OC[C@H](COP(=O)(O)OCCN)OC(=O)CCCCCCC/C=C\CCCCCC. The van der Waals surface area contributed by atoms with Crippen LogP contribution in [-0.4, -0.2) is 55.1 Å². The number of rotatable bonds is 36. The van der Waals surface area contributed by atoms with Crippen molar-refractivity contribution in [3.05, 3.63) is 36.5 Å². The smallest absolute Gasteiger partial charge is 0.462 e. The Morgan fingerprint density at radius 1 is 0.640 bits per heavy atom. The van der Waals surface area contributed by atoms with Crippen LogP contribution in [0.3, 0.4) is 0 Å². The summed E-state index contributed by atoms with van der Waals surface area (Å²) >= 11 is 0. The molecule has 0 rings (SSSR count). The van der Waals surface area contributed by atoms with Gasteiger partial charge in [-0.15, -0.1) is 0 Å². The van der Waals surface area contributed by atoms with Crippen molar-refractivity contribution < 1.29 is 42.4 Å². The van der Waals surface area contributed by atoms with Crippen LogP contribution in [0.5, 0.6) is 0 Å². The number of carbonyl (C=O) groups is 3. The van der Waals surface area contributed by atoms with Crippen LogP contribution in [0.1, 0.15) is 162 Å². The number of esters is 2. The Balaban J connectivity index is 4.32. The van der Waals surface area contributed by atoms with E-state index in [1.54, 1.807) is 6.08 Å². The van der Waals surface area contributed by atoms with E-state index < -0.39 is 32.5 Å². The van der Waals surface area contributed by atoms with Gasteiger partial charge in [0.05, 0.1) is 13.2 Å². The van der Waals surface area contributed by atoms with E-state index in [9.17, 15) is 23.8 Å². The molecule has 0 fully saturated rings. The molecule has 0 aliphatic heterocycles. The Hall–Kier alpha value is -2.10. The molecule has 0 aromatic rings. The molecule has 11 heteroatoms. The number of allylic oxidation sites excluding steroid dienone is 6. The quantitative estimate of drug-likeness (QED) is 0.0159. The van der Waals surface area contributed by atoms with Crippen LogP contribution in [0, 0.1) is 0 Å². The molecule has 0 radical (unpaired) electrons. The molecular formula is C39H70NO9P. The predicted octanol–water partition coefficient (Wildman–Crippen LogP) is 9.78. The zero-order valence-corrected chi connectivity index (χ0v) is 32.3. The highest BCUT2D eigenvalue weighted by molar-refractivity contribution is 7.47. The summed E-state index contributed by atoms with van der Waals surface area (Å²) in [6.45, 7) is 3.50. The summed E-state index contributed by atoms with van der Waals surface area (Å²) < 4.78 is 32.6. The molecule has 0 aliphatic rings. The van der Waals surface area contributed by atoms with Gasteiger partial charge in [-0.1, -0.05) is 115 Å². The van der Waals surface area contributed by atoms with E-state index in [0.29, 0.717) is 19.3 Å². The predicted molar refractivity (Wildman–Crippen MR) is 202 cm³/mol. The first-order valence-electron chi connectivity index (χ1n) is 19.4. The van der Waals surface area contributed by atoms with E-state index in [1.807, 2.05) is 12.2 Å². The summed E-state index contributed by atoms with van der Waals surface area (Å²) in [7, 11) is -4.40. The van der Waals surface area contributed by atoms with Crippen molar-refractivity contribution in [3.8, 4) is 0 Å². The lowest BCUT2D eigenvalue weighted by molar-refractivity contribution is -0.161. The van der Waals surface area contributed by atoms with Gasteiger partial charge in [0.2, 0.25) is 0 Å². The highest BCUT2D eigenvalue weighted by atomic mass is 31.2. The molecule has 0 saturated carbocycles. The van der Waals surface area contributed by atoms with Crippen molar-refractivity contribution in [2.24, 2.45) is 5.73 Å². The first-order chi connectivity index (χ1) is 24.2. The number of carbonyl (C=O) groups excluding carboxylic acids is 3. The second-order valence-electron chi connectivity index (χ2n) is 12.8. The third kappa shape index (κ3) is 34.4. The van der Waals surface area contributed by atoms with Gasteiger partial charge < -0.3 is 20.1 Å². The summed E-state index contributed by atoms with van der Waals surface area (Å²) in [5, 5.41) is 0. The molecule has 0 spiro atoms. The standard InChI is InChI=1S/C39H70NO9P/c1-3-5-7-9-11-12-13-14-15-16-18-22-27-31-39(43)49-37(35-48-50(44,45)47-33-32-40)34-46-38(42)30-26-23-19-21-25-29-36(41)28-24-20-17-10-8-6-4-2/h12-13,17,20,24,28,37H,3-11,14-16,18-19,21-23,25-27,29-35,40H2,1-2H3,(H,44,45)/b13-12-,20-17-,28-24+/t37-/m1/s1. The van der Waals surface area contributed by atoms with Gasteiger partial charge in [-0.25, -0.2) is 4.57 Å². The first kappa shape index (κ1) is 47.9. The molecular weight excluding hydrogens is 657 g/mol. The van der Waals surface area contributed by atoms with Gasteiger partial charge in [0.25, 0.3) is 0 Å². The topological polar surface area (TPSA) is 151 Å². The number of ether oxygens (including phenoxy) is 2. The average molecular weight is 728 g/mol. The van der Waals surface area contributed by atoms with E-state index in [4.69, 9.17) is 24.3 Å². The number of hydrogen-bond acceptors (Lipinski definition) is 9. The highest BCUT2D eigenvalue weighted by Gasteiger charge is 2.26. The van der Waals surface area contributed by atoms with Crippen molar-refractivity contribution in [2.75, 3.05) is 26.4 Å². The molecule has 2 atom stereocenters. The lowest BCUT2D eigenvalue weighted by atomic mass is 10.1. The molecule has 0 heterocycles. The molecule has 50 heavy (non-hydrogen) atoms. The Morgan fingerprint density at radius 3 is 1.80 bits per heavy atom. The minimum atomic E-state index is -4.40. The van der Waals surface area contributed by atoms with Gasteiger partial charge in [0.15, 0.2) is 11.9 Å². The van der Waals surface area contributed by atoms with E-state index in [1.165, 1.54) is 44.9 Å². The molecule has 1 unspecified atom stereocenters. The monoisotopic (exact) mass is 727 g/mol. The van der Waals surface area contributed by atoms with Gasteiger partial charge >= 0.3 is 19.8 Å². The number of ketones is 1. The molecule has 0 amide bonds. The van der Waals surface area contributed by atoms with Crippen LogP contribution in [0.25, 0.3) is 0 Å². The van der Waals surface area contributed by atoms with E-state index in [2.05, 4.69) is 32.1 Å². The maximum Gasteiger partial charge on any atom is 0.472 e. The van der Waals surface area contributed by atoms with Crippen LogP contribution >= 0.6 is 7.82 Å². The lowest BCUT2D eigenvalue weighted by Gasteiger charge is -2.19. The molecule has 0 bridgehead atoms. The zero-order chi connectivity index (χ0) is 37.0. The minimum Gasteiger partial charge on any atom is -0.462 e. The van der Waals surface area contributed by atoms with E-state index in [0.717, 1.165) is 70.6 Å². The van der Waals surface area contributed by atoms with Crippen LogP contribution in [-0.2, 0) is 37.5 Å². The Morgan fingerprint density at radius 2 is 1.16 bits per heavy atom. The molecule has 0 aromatic heterocycles. The number of nitrogens with two attached hydrogens (primary N) is 1. The van der Waals surface area contributed by atoms with Gasteiger partial charge in [-0.2, -0.15) is 0 Å². The normalized spacial score (nSPS) is 13.7. The van der Waals surface area contributed by atoms with Gasteiger partial charge in [-0.05, 0) is 63.9 Å². The largest absolute Gasteiger partial charge is 0.472 e. The number of phosphoric acid groups is 1. The summed E-state index contributed by atoms with van der Waals surface area (Å²) in [6.07, 6.45) is 32.8. The second-order valence-corrected chi connectivity index (χ2v) is 14.3. The Kier molecular flexibility index (Phi) is 33.8. The third-order valence-electron chi connectivity index (χ3n) is 7.97. The van der Waals surface area contributed by atoms with Crippen molar-refractivity contribution in [1.82, 2.24) is 0 Å². The number of unbranched alkanes of at least 4 members (excludes halogenated alkanes) is 16. The van der Waals surface area contributed by atoms with Crippen molar-refractivity contribution >= 4 is 25.5 Å². The van der Waals surface area contributed by atoms with Crippen molar-refractivity contribution in [2.45, 2.75) is 168 Å². The molecule has 3 N–H and O–H groups in total. The van der Waals surface area contributed by atoms with Crippen molar-refractivity contribution in [1.29, 1.82) is 0 Å². The maximum absolute atomic E-state index is 12.5. The maximum atomic E-state index is 12.5. The van der Waals surface area contributed by atoms with Gasteiger partial charge in [0, 0.05) is 25.8 Å². The Labute approximate surface area is 303 Å². The second kappa shape index (κ2) is 35.3. The van der Waals surface area contributed by atoms with Crippen LogP contribution in [0.15, 0.2) is 36.5 Å². The molecule has 290 valence electrons. The average Bonchev–Trinajstić information content (AvgIpc) is 3.09. The summed E-state index contributed by atoms with van der Waals surface area (Å²) in [4.78, 5) is 46.7. The Bertz CT molecular complexity index is 983. The molecule has 10 nitrogen and oxygen atoms in total. The zero-order valence-electron chi connectivity index (χ0n) is 31.4. The summed E-state index contributed by atoms with van der Waals surface area (Å²) in [6, 6.07) is 0. The van der Waals surface area contributed by atoms with Crippen LogP contribution in [0.2, 0.25) is 0 Å². The molecule has 0 aliphatic carbocycles. The number of phosphoric ester groups is 1. The van der Waals surface area contributed by atoms with E-state index in [-0.39, 0.29) is 38.4 Å². The summed E-state index contributed by atoms with van der Waals surface area (Å²) in [5.74, 6) is -0.812. The fourth-order valence-corrected chi connectivity index (χ4v) is 5.79. The fourth-order valence-electron chi connectivity index (χ4n) is 5.02. The van der Waals surface area contributed by atoms with Crippen LogP contribution in [0.4, 0.5) is 0 Å². The van der Waals surface area contributed by atoms with Gasteiger partial charge in [0.1, 0.15) is 6.61 Å². The van der Waals surface area contributed by atoms with Gasteiger partial charge in [-0.3, -0.25) is 23.4 Å². The summed E-state index contributed by atoms with van der Waals surface area (Å²) in [5.41, 5.74) is 5.32. The minimum absolute atomic E-state index is 0.0341. The van der Waals surface area contributed by atoms with E-state index >= 15 is 0 Å². The first-order valence-corrected chi connectivity index (χ1v) is 20.9. The van der Waals surface area contributed by atoms with Crippen molar-refractivity contribution in [3.63, 3.8) is 0 Å². The molecule has 0 saturated heterocycles. The number of hydrogen-bond donors (Lipinski definition) is 2. The molecule has 0 aromatic carbocycles.